The Morgan fingerprint density at radius 3 is 2.62 bits per heavy atom. The van der Waals surface area contributed by atoms with Crippen molar-refractivity contribution >= 4 is 29.0 Å². The number of ether oxygens (including phenoxy) is 1. The van der Waals surface area contributed by atoms with Crippen LogP contribution in [0, 0.1) is 5.92 Å². The number of hydrogen-bond acceptors (Lipinski definition) is 5. The van der Waals surface area contributed by atoms with E-state index in [1.54, 1.807) is 30.3 Å². The van der Waals surface area contributed by atoms with E-state index < -0.39 is 0 Å². The van der Waals surface area contributed by atoms with Crippen LogP contribution in [0.3, 0.4) is 0 Å². The molecule has 1 atom stereocenters. The van der Waals surface area contributed by atoms with Gasteiger partial charge >= 0.3 is 0 Å². The van der Waals surface area contributed by atoms with Crippen molar-refractivity contribution in [1.82, 2.24) is 14.6 Å². The summed E-state index contributed by atoms with van der Waals surface area (Å²) < 4.78 is 10.3. The molecule has 0 spiro atoms. The predicted octanol–water partition coefficient (Wildman–Crippen LogP) is 3.41. The molecule has 3 aliphatic rings. The molecule has 1 N–H and O–H groups in total. The Kier molecular flexibility index (Phi) is 4.43. The molecular formula is C17H18ClN3O2S. The van der Waals surface area contributed by atoms with Gasteiger partial charge in [0.2, 0.25) is 5.88 Å². The molecule has 0 unspecified atom stereocenters. The van der Waals surface area contributed by atoms with Crippen molar-refractivity contribution in [3.63, 3.8) is 0 Å². The van der Waals surface area contributed by atoms with Crippen LogP contribution in [0.5, 0.6) is 11.6 Å². The molecule has 5 nitrogen and oxygen atoms in total. The number of benzene rings is 1. The Morgan fingerprint density at radius 1 is 1.29 bits per heavy atom. The van der Waals surface area contributed by atoms with Crippen molar-refractivity contribution in [2.24, 2.45) is 5.92 Å². The Bertz CT molecular complexity index is 726. The van der Waals surface area contributed by atoms with E-state index in [0.717, 1.165) is 6.54 Å². The van der Waals surface area contributed by atoms with Crippen molar-refractivity contribution < 1.29 is 9.53 Å². The van der Waals surface area contributed by atoms with E-state index in [4.69, 9.17) is 16.3 Å². The lowest BCUT2D eigenvalue weighted by Crippen LogP contribution is -2.57. The van der Waals surface area contributed by atoms with Gasteiger partial charge in [-0.1, -0.05) is 11.6 Å². The second kappa shape index (κ2) is 6.70. The van der Waals surface area contributed by atoms with E-state index in [0.29, 0.717) is 27.4 Å². The second-order valence-electron chi connectivity index (χ2n) is 6.31. The summed E-state index contributed by atoms with van der Waals surface area (Å²) in [5, 5.41) is 3.19. The van der Waals surface area contributed by atoms with Gasteiger partial charge in [0.25, 0.3) is 5.91 Å². The van der Waals surface area contributed by atoms with E-state index in [1.165, 1.54) is 37.5 Å². The number of nitrogens with one attached hydrogen (secondary N) is 1. The minimum Gasteiger partial charge on any atom is -0.438 e. The second-order valence-corrected chi connectivity index (χ2v) is 7.75. The lowest BCUT2D eigenvalue weighted by atomic mass is 9.84. The number of rotatable bonds is 4. The Hall–Kier alpha value is -1.63. The van der Waals surface area contributed by atoms with Crippen LogP contribution in [-0.4, -0.2) is 40.9 Å². The fraction of sp³-hybridized carbons (Fsp3) is 0.412. The number of fused-ring (bicyclic) bond motifs is 3. The molecule has 2 aromatic rings. The fourth-order valence-corrected chi connectivity index (χ4v) is 4.08. The summed E-state index contributed by atoms with van der Waals surface area (Å²) in [6.45, 7) is 3.32. The third-order valence-electron chi connectivity index (χ3n) is 4.77. The molecule has 5 rings (SSSR count). The molecule has 1 amide bonds. The topological polar surface area (TPSA) is 54.5 Å². The van der Waals surface area contributed by atoms with Crippen LogP contribution in [0.2, 0.25) is 4.34 Å². The molecule has 4 heterocycles. The maximum Gasteiger partial charge on any atom is 0.251 e. The number of carbonyl (C=O) groups is 1. The molecule has 3 saturated heterocycles. The van der Waals surface area contributed by atoms with Gasteiger partial charge in [0, 0.05) is 24.2 Å². The minimum atomic E-state index is -0.0167. The quantitative estimate of drug-likeness (QED) is 0.904. The van der Waals surface area contributed by atoms with Crippen molar-refractivity contribution in [1.29, 1.82) is 0 Å². The highest BCUT2D eigenvalue weighted by Gasteiger charge is 2.34. The molecule has 1 aromatic heterocycles. The van der Waals surface area contributed by atoms with Gasteiger partial charge < -0.3 is 15.0 Å². The molecule has 24 heavy (non-hydrogen) atoms. The van der Waals surface area contributed by atoms with Gasteiger partial charge in [0.05, 0.1) is 0 Å². The monoisotopic (exact) mass is 363 g/mol. The smallest absolute Gasteiger partial charge is 0.251 e. The van der Waals surface area contributed by atoms with Gasteiger partial charge in [-0.2, -0.15) is 4.37 Å². The molecule has 126 valence electrons. The molecule has 3 aliphatic heterocycles. The fourth-order valence-electron chi connectivity index (χ4n) is 3.46. The summed E-state index contributed by atoms with van der Waals surface area (Å²) in [6, 6.07) is 9.05. The normalized spacial score (nSPS) is 25.5. The van der Waals surface area contributed by atoms with Crippen LogP contribution in [0.1, 0.15) is 23.2 Å². The van der Waals surface area contributed by atoms with Crippen LogP contribution < -0.4 is 10.1 Å². The first-order valence-electron chi connectivity index (χ1n) is 8.11. The molecule has 1 aromatic carbocycles. The van der Waals surface area contributed by atoms with Gasteiger partial charge in [0.1, 0.15) is 10.1 Å². The van der Waals surface area contributed by atoms with Gasteiger partial charge in [-0.25, -0.2) is 0 Å². The average Bonchev–Trinajstić information content (AvgIpc) is 3.01. The third-order valence-corrected chi connectivity index (χ3v) is 5.65. The highest BCUT2D eigenvalue weighted by atomic mass is 35.5. The summed E-state index contributed by atoms with van der Waals surface area (Å²) in [5.41, 5.74) is 0.648. The van der Waals surface area contributed by atoms with E-state index in [2.05, 4.69) is 14.6 Å². The first-order valence-corrected chi connectivity index (χ1v) is 9.26. The number of aromatic nitrogens is 1. The van der Waals surface area contributed by atoms with Crippen molar-refractivity contribution in [3.05, 3.63) is 40.2 Å². The van der Waals surface area contributed by atoms with Crippen LogP contribution in [0.4, 0.5) is 0 Å². The minimum absolute atomic E-state index is 0.0167. The third kappa shape index (κ3) is 3.41. The number of nitrogens with zero attached hydrogens (tertiary/aromatic N) is 2. The Balaban J connectivity index is 1.38. The lowest BCUT2D eigenvalue weighted by Gasteiger charge is -2.44. The highest BCUT2D eigenvalue weighted by Crippen LogP contribution is 2.28. The zero-order chi connectivity index (χ0) is 16.5. The van der Waals surface area contributed by atoms with E-state index in [1.807, 2.05) is 0 Å². The first kappa shape index (κ1) is 15.9. The van der Waals surface area contributed by atoms with Crippen LogP contribution in [0.25, 0.3) is 0 Å². The van der Waals surface area contributed by atoms with Gasteiger partial charge in [-0.15, -0.1) is 0 Å². The van der Waals surface area contributed by atoms with Gasteiger partial charge in [-0.3, -0.25) is 4.79 Å². The molecule has 0 saturated carbocycles. The number of amides is 1. The number of hydrogen-bond donors (Lipinski definition) is 1. The van der Waals surface area contributed by atoms with Crippen molar-refractivity contribution in [3.8, 4) is 11.6 Å². The Labute approximate surface area is 149 Å². The maximum absolute atomic E-state index is 12.5. The standard InChI is InChI=1S/C17H18ClN3O2S/c18-15-9-16(20-24-15)23-13-3-1-12(2-4-13)17(22)19-14-10-21-7-5-11(14)6-8-21/h1-4,9,11,14H,5-8,10H2,(H,19,22)/t14-/m0/s1. The summed E-state index contributed by atoms with van der Waals surface area (Å²) in [7, 11) is 0. The van der Waals surface area contributed by atoms with Gasteiger partial charge in [0.15, 0.2) is 0 Å². The molecule has 0 aliphatic carbocycles. The van der Waals surface area contributed by atoms with Crippen LogP contribution in [0.15, 0.2) is 30.3 Å². The summed E-state index contributed by atoms with van der Waals surface area (Å²) in [5.74, 6) is 1.71. The summed E-state index contributed by atoms with van der Waals surface area (Å²) in [6.07, 6.45) is 2.38. The molecule has 7 heteroatoms. The van der Waals surface area contributed by atoms with Crippen molar-refractivity contribution in [2.75, 3.05) is 19.6 Å². The van der Waals surface area contributed by atoms with E-state index >= 15 is 0 Å². The molecule has 3 fully saturated rings. The number of piperidine rings is 3. The number of halogens is 1. The Morgan fingerprint density at radius 2 is 2.04 bits per heavy atom. The highest BCUT2D eigenvalue weighted by molar-refractivity contribution is 7.10. The largest absolute Gasteiger partial charge is 0.438 e. The van der Waals surface area contributed by atoms with E-state index in [-0.39, 0.29) is 11.9 Å². The van der Waals surface area contributed by atoms with E-state index in [9.17, 15) is 4.79 Å². The van der Waals surface area contributed by atoms with Gasteiger partial charge in [-0.05, 0) is 67.6 Å². The molecular weight excluding hydrogens is 346 g/mol. The first-order chi connectivity index (χ1) is 11.7. The molecule has 2 bridgehead atoms. The maximum atomic E-state index is 12.5. The zero-order valence-corrected chi connectivity index (χ0v) is 14.6. The summed E-state index contributed by atoms with van der Waals surface area (Å²) in [4.78, 5) is 14.9. The zero-order valence-electron chi connectivity index (χ0n) is 13.1. The SMILES string of the molecule is O=C(N[C@H]1CN2CCC1CC2)c1ccc(Oc2cc(Cl)sn2)cc1. The van der Waals surface area contributed by atoms with Crippen LogP contribution >= 0.6 is 23.1 Å². The van der Waals surface area contributed by atoms with Crippen LogP contribution in [-0.2, 0) is 0 Å². The average molecular weight is 364 g/mol. The lowest BCUT2D eigenvalue weighted by molar-refractivity contribution is 0.0620. The summed E-state index contributed by atoms with van der Waals surface area (Å²) >= 11 is 7.01. The number of carbonyl (C=O) groups excluding carboxylic acids is 1. The van der Waals surface area contributed by atoms with Crippen molar-refractivity contribution in [2.45, 2.75) is 18.9 Å². The predicted molar refractivity (Wildman–Crippen MR) is 94.1 cm³/mol. The molecule has 0 radical (unpaired) electrons.